The Hall–Kier alpha value is -0.940. The van der Waals surface area contributed by atoms with E-state index in [-0.39, 0.29) is 18.8 Å². The Labute approximate surface area is 107 Å². The zero-order chi connectivity index (χ0) is 13.0. The summed E-state index contributed by atoms with van der Waals surface area (Å²) in [7, 11) is 0. The Morgan fingerprint density at radius 3 is 2.72 bits per heavy atom. The van der Waals surface area contributed by atoms with Crippen LogP contribution in [-0.2, 0) is 20.8 Å². The van der Waals surface area contributed by atoms with Gasteiger partial charge in [0.05, 0.1) is 19.8 Å². The number of aliphatic hydroxyl groups excluding tert-OH is 1. The van der Waals surface area contributed by atoms with Crippen LogP contribution in [0.3, 0.4) is 0 Å². The predicted octanol–water partition coefficient (Wildman–Crippen LogP) is 1.72. The molecule has 0 radical (unpaired) electrons. The number of hydrogen-bond acceptors (Lipinski definition) is 4. The molecule has 4 heteroatoms. The molecule has 0 amide bonds. The van der Waals surface area contributed by atoms with Gasteiger partial charge in [-0.3, -0.25) is 0 Å². The van der Waals surface area contributed by atoms with Crippen LogP contribution in [0.4, 0.5) is 0 Å². The summed E-state index contributed by atoms with van der Waals surface area (Å²) in [6.45, 7) is 4.54. The summed E-state index contributed by atoms with van der Waals surface area (Å²) in [5.74, 6) is -0.653. The van der Waals surface area contributed by atoms with Crippen LogP contribution in [-0.4, -0.2) is 36.3 Å². The Morgan fingerprint density at radius 1 is 1.33 bits per heavy atom. The highest BCUT2D eigenvalue weighted by Gasteiger charge is 2.36. The van der Waals surface area contributed by atoms with Gasteiger partial charge in [-0.25, -0.2) is 0 Å². The van der Waals surface area contributed by atoms with Crippen molar-refractivity contribution in [1.82, 2.24) is 0 Å². The fourth-order valence-corrected chi connectivity index (χ4v) is 1.95. The number of benzene rings is 1. The maximum atomic E-state index is 9.33. The molecule has 4 nitrogen and oxygen atoms in total. The van der Waals surface area contributed by atoms with Crippen molar-refractivity contribution in [2.45, 2.75) is 38.4 Å². The third kappa shape index (κ3) is 3.53. The normalized spacial score (nSPS) is 27.1. The van der Waals surface area contributed by atoms with E-state index in [1.807, 2.05) is 44.2 Å². The summed E-state index contributed by atoms with van der Waals surface area (Å²) in [6, 6.07) is 9.92. The largest absolute Gasteiger partial charge is 0.394 e. The highest BCUT2D eigenvalue weighted by atomic mass is 16.7. The molecule has 0 bridgehead atoms. The second kappa shape index (κ2) is 5.80. The average Bonchev–Trinajstić information content (AvgIpc) is 2.37. The molecule has 1 fully saturated rings. The van der Waals surface area contributed by atoms with Crippen LogP contribution in [0.15, 0.2) is 30.3 Å². The molecule has 0 aliphatic carbocycles. The Morgan fingerprint density at radius 2 is 2.06 bits per heavy atom. The molecule has 1 aromatic carbocycles. The summed E-state index contributed by atoms with van der Waals surface area (Å²) in [4.78, 5) is 0. The molecule has 0 spiro atoms. The minimum atomic E-state index is -0.653. The number of rotatable bonds is 4. The molecule has 0 aromatic heterocycles. The molecule has 1 aliphatic heterocycles. The highest BCUT2D eigenvalue weighted by Crippen LogP contribution is 2.24. The third-order valence-corrected chi connectivity index (χ3v) is 2.93. The van der Waals surface area contributed by atoms with E-state index in [0.717, 1.165) is 5.56 Å². The fourth-order valence-electron chi connectivity index (χ4n) is 1.95. The number of ether oxygens (including phenoxy) is 3. The van der Waals surface area contributed by atoms with Crippen LogP contribution >= 0.6 is 0 Å². The first kappa shape index (κ1) is 13.5. The lowest BCUT2D eigenvalue weighted by molar-refractivity contribution is -0.316. The first-order valence-electron chi connectivity index (χ1n) is 6.19. The third-order valence-electron chi connectivity index (χ3n) is 2.93. The molecule has 0 saturated carbocycles. The lowest BCUT2D eigenvalue weighted by Gasteiger charge is -2.40. The molecule has 1 unspecified atom stereocenters. The molecule has 1 heterocycles. The SMILES string of the molecule is CC1(C)OC[C@H](OCc2ccccc2)C(CO)O1. The molecule has 1 saturated heterocycles. The van der Waals surface area contributed by atoms with E-state index in [9.17, 15) is 5.11 Å². The van der Waals surface area contributed by atoms with E-state index in [2.05, 4.69) is 0 Å². The van der Waals surface area contributed by atoms with Crippen molar-refractivity contribution in [1.29, 1.82) is 0 Å². The van der Waals surface area contributed by atoms with Crippen molar-refractivity contribution in [2.75, 3.05) is 13.2 Å². The first-order chi connectivity index (χ1) is 8.61. The summed E-state index contributed by atoms with van der Waals surface area (Å²) >= 11 is 0. The summed E-state index contributed by atoms with van der Waals surface area (Å²) in [6.07, 6.45) is -0.569. The van der Waals surface area contributed by atoms with Crippen molar-refractivity contribution in [3.63, 3.8) is 0 Å². The summed E-state index contributed by atoms with van der Waals surface area (Å²) < 4.78 is 16.9. The van der Waals surface area contributed by atoms with E-state index in [4.69, 9.17) is 14.2 Å². The maximum absolute atomic E-state index is 9.33. The van der Waals surface area contributed by atoms with Crippen molar-refractivity contribution in [2.24, 2.45) is 0 Å². The number of hydrogen-bond donors (Lipinski definition) is 1. The summed E-state index contributed by atoms with van der Waals surface area (Å²) in [5.41, 5.74) is 1.10. The van der Waals surface area contributed by atoms with Gasteiger partial charge in [0.1, 0.15) is 12.2 Å². The van der Waals surface area contributed by atoms with Gasteiger partial charge in [0, 0.05) is 0 Å². The van der Waals surface area contributed by atoms with Crippen LogP contribution in [0.1, 0.15) is 19.4 Å². The van der Waals surface area contributed by atoms with E-state index in [1.54, 1.807) is 0 Å². The topological polar surface area (TPSA) is 47.9 Å². The second-order valence-corrected chi connectivity index (χ2v) is 4.88. The van der Waals surface area contributed by atoms with E-state index in [1.165, 1.54) is 0 Å². The standard InChI is InChI=1S/C14H20O4/c1-14(2)17-10-13(12(8-15)18-14)16-9-11-6-4-3-5-7-11/h3-7,12-13,15H,8-10H2,1-2H3/t12?,13-/m0/s1. The van der Waals surface area contributed by atoms with Crippen molar-refractivity contribution in [3.8, 4) is 0 Å². The Bertz CT molecular complexity index is 363. The zero-order valence-electron chi connectivity index (χ0n) is 10.8. The van der Waals surface area contributed by atoms with Crippen molar-refractivity contribution >= 4 is 0 Å². The van der Waals surface area contributed by atoms with Gasteiger partial charge in [-0.15, -0.1) is 0 Å². The van der Waals surface area contributed by atoms with Crippen molar-refractivity contribution < 1.29 is 19.3 Å². The molecule has 2 atom stereocenters. The van der Waals surface area contributed by atoms with E-state index >= 15 is 0 Å². The predicted molar refractivity (Wildman–Crippen MR) is 67.0 cm³/mol. The zero-order valence-corrected chi connectivity index (χ0v) is 10.8. The Balaban J connectivity index is 1.89. The molecular weight excluding hydrogens is 232 g/mol. The minimum absolute atomic E-state index is 0.0632. The van der Waals surface area contributed by atoms with Crippen LogP contribution in [0.2, 0.25) is 0 Å². The molecule has 1 aliphatic rings. The van der Waals surface area contributed by atoms with Gasteiger partial charge in [0.2, 0.25) is 0 Å². The van der Waals surface area contributed by atoms with Gasteiger partial charge in [0.15, 0.2) is 5.79 Å². The van der Waals surface area contributed by atoms with Gasteiger partial charge in [-0.1, -0.05) is 30.3 Å². The van der Waals surface area contributed by atoms with Gasteiger partial charge >= 0.3 is 0 Å². The molecule has 18 heavy (non-hydrogen) atoms. The molecular formula is C14H20O4. The highest BCUT2D eigenvalue weighted by molar-refractivity contribution is 5.13. The smallest absolute Gasteiger partial charge is 0.163 e. The van der Waals surface area contributed by atoms with E-state index in [0.29, 0.717) is 13.2 Å². The van der Waals surface area contributed by atoms with Gasteiger partial charge < -0.3 is 19.3 Å². The molecule has 2 rings (SSSR count). The van der Waals surface area contributed by atoms with Crippen LogP contribution in [0, 0.1) is 0 Å². The maximum Gasteiger partial charge on any atom is 0.163 e. The summed E-state index contributed by atoms with van der Waals surface area (Å²) in [5, 5.41) is 9.33. The van der Waals surface area contributed by atoms with Gasteiger partial charge in [-0.2, -0.15) is 0 Å². The lowest BCUT2D eigenvalue weighted by atomic mass is 10.1. The quantitative estimate of drug-likeness (QED) is 0.886. The van der Waals surface area contributed by atoms with Crippen LogP contribution in [0.25, 0.3) is 0 Å². The van der Waals surface area contributed by atoms with Gasteiger partial charge in [0.25, 0.3) is 0 Å². The molecule has 100 valence electrons. The minimum Gasteiger partial charge on any atom is -0.394 e. The van der Waals surface area contributed by atoms with Crippen molar-refractivity contribution in [3.05, 3.63) is 35.9 Å². The Kier molecular flexibility index (Phi) is 4.35. The molecule has 1 aromatic rings. The van der Waals surface area contributed by atoms with Crippen LogP contribution < -0.4 is 0 Å². The fraction of sp³-hybridized carbons (Fsp3) is 0.571. The lowest BCUT2D eigenvalue weighted by Crippen LogP contribution is -2.51. The monoisotopic (exact) mass is 252 g/mol. The second-order valence-electron chi connectivity index (χ2n) is 4.88. The van der Waals surface area contributed by atoms with Crippen LogP contribution in [0.5, 0.6) is 0 Å². The number of aliphatic hydroxyl groups is 1. The average molecular weight is 252 g/mol. The first-order valence-corrected chi connectivity index (χ1v) is 6.19. The molecule has 1 N–H and O–H groups in total. The van der Waals surface area contributed by atoms with E-state index < -0.39 is 5.79 Å². The van der Waals surface area contributed by atoms with Gasteiger partial charge in [-0.05, 0) is 19.4 Å².